The molecule has 6 heteroatoms. The number of aromatic nitrogens is 1. The maximum absolute atomic E-state index is 13.8. The van der Waals surface area contributed by atoms with Gasteiger partial charge in [-0.05, 0) is 86.1 Å². The molecule has 0 radical (unpaired) electrons. The SMILES string of the molecule is Cc1cccc(NC(=S)N(CCc2c(C)[nH]c3ccc(F)cc23)Cc2ccco2)c1. The van der Waals surface area contributed by atoms with Crippen LogP contribution in [-0.4, -0.2) is 21.5 Å². The van der Waals surface area contributed by atoms with Crippen molar-refractivity contribution < 1.29 is 8.81 Å². The first kappa shape index (κ1) is 20.2. The summed E-state index contributed by atoms with van der Waals surface area (Å²) in [7, 11) is 0. The zero-order valence-corrected chi connectivity index (χ0v) is 17.9. The van der Waals surface area contributed by atoms with Crippen molar-refractivity contribution in [3.63, 3.8) is 0 Å². The predicted molar refractivity (Wildman–Crippen MR) is 123 cm³/mol. The zero-order valence-electron chi connectivity index (χ0n) is 17.0. The molecule has 4 rings (SSSR count). The average molecular weight is 422 g/mol. The molecular formula is C24H24FN3OS. The van der Waals surface area contributed by atoms with Gasteiger partial charge in [-0.1, -0.05) is 12.1 Å². The van der Waals surface area contributed by atoms with E-state index in [1.165, 1.54) is 6.07 Å². The van der Waals surface area contributed by atoms with E-state index in [0.29, 0.717) is 18.2 Å². The highest BCUT2D eigenvalue weighted by molar-refractivity contribution is 7.80. The second-order valence-electron chi connectivity index (χ2n) is 7.47. The number of nitrogens with zero attached hydrogens (tertiary/aromatic N) is 1. The maximum Gasteiger partial charge on any atom is 0.173 e. The summed E-state index contributed by atoms with van der Waals surface area (Å²) in [5.41, 5.74) is 5.21. The Bertz CT molecular complexity index is 1170. The lowest BCUT2D eigenvalue weighted by atomic mass is 10.1. The number of nitrogens with one attached hydrogen (secondary N) is 2. The second kappa shape index (κ2) is 8.71. The fourth-order valence-corrected chi connectivity index (χ4v) is 3.97. The third-order valence-electron chi connectivity index (χ3n) is 5.20. The molecule has 0 aliphatic carbocycles. The largest absolute Gasteiger partial charge is 0.467 e. The van der Waals surface area contributed by atoms with Crippen molar-refractivity contribution in [3.8, 4) is 0 Å². The van der Waals surface area contributed by atoms with E-state index >= 15 is 0 Å². The van der Waals surface area contributed by atoms with Gasteiger partial charge in [0.25, 0.3) is 0 Å². The summed E-state index contributed by atoms with van der Waals surface area (Å²) in [6, 6.07) is 16.8. The lowest BCUT2D eigenvalue weighted by molar-refractivity contribution is 0.368. The molecule has 0 spiro atoms. The molecule has 2 N–H and O–H groups in total. The predicted octanol–water partition coefficient (Wildman–Crippen LogP) is 5.96. The molecule has 0 saturated heterocycles. The summed E-state index contributed by atoms with van der Waals surface area (Å²) in [4.78, 5) is 5.42. The Balaban J connectivity index is 1.55. The van der Waals surface area contributed by atoms with E-state index < -0.39 is 0 Å². The second-order valence-corrected chi connectivity index (χ2v) is 7.86. The van der Waals surface area contributed by atoms with Crippen molar-refractivity contribution in [2.24, 2.45) is 0 Å². The zero-order chi connectivity index (χ0) is 21.1. The molecule has 0 saturated carbocycles. The molecule has 0 amide bonds. The molecule has 2 aromatic carbocycles. The van der Waals surface area contributed by atoms with E-state index in [4.69, 9.17) is 16.6 Å². The minimum Gasteiger partial charge on any atom is -0.467 e. The van der Waals surface area contributed by atoms with Gasteiger partial charge in [0.05, 0.1) is 12.8 Å². The minimum atomic E-state index is -0.230. The van der Waals surface area contributed by atoms with Gasteiger partial charge in [0.2, 0.25) is 0 Å². The molecule has 154 valence electrons. The molecule has 0 aliphatic rings. The lowest BCUT2D eigenvalue weighted by Gasteiger charge is -2.25. The van der Waals surface area contributed by atoms with Gasteiger partial charge in [-0.15, -0.1) is 0 Å². The van der Waals surface area contributed by atoms with Crippen LogP contribution in [0.15, 0.2) is 65.3 Å². The summed E-state index contributed by atoms with van der Waals surface area (Å²) in [6.45, 7) is 5.30. The number of thiocarbonyl (C=S) groups is 1. The Morgan fingerprint density at radius 1 is 1.13 bits per heavy atom. The van der Waals surface area contributed by atoms with Gasteiger partial charge < -0.3 is 19.6 Å². The number of benzene rings is 2. The molecule has 4 nitrogen and oxygen atoms in total. The van der Waals surface area contributed by atoms with Gasteiger partial charge in [0.15, 0.2) is 5.11 Å². The molecule has 0 unspecified atom stereocenters. The standard InChI is InChI=1S/C24H24FN3OS/c1-16-5-3-6-19(13-16)27-24(30)28(15-20-7-4-12-29-20)11-10-21-17(2)26-23-9-8-18(25)14-22(21)23/h3-9,12-14,26H,10-11,15H2,1-2H3,(H,27,30). The number of anilines is 1. The Kier molecular flexibility index (Phi) is 5.86. The van der Waals surface area contributed by atoms with E-state index in [-0.39, 0.29) is 5.82 Å². The van der Waals surface area contributed by atoms with E-state index in [1.807, 2.05) is 44.2 Å². The van der Waals surface area contributed by atoms with Crippen molar-refractivity contribution >= 4 is 33.9 Å². The number of aromatic amines is 1. The van der Waals surface area contributed by atoms with Crippen LogP contribution < -0.4 is 5.32 Å². The van der Waals surface area contributed by atoms with Gasteiger partial charge in [-0.2, -0.15) is 0 Å². The van der Waals surface area contributed by atoms with E-state index in [1.54, 1.807) is 18.4 Å². The van der Waals surface area contributed by atoms with Crippen LogP contribution in [-0.2, 0) is 13.0 Å². The number of hydrogen-bond donors (Lipinski definition) is 2. The van der Waals surface area contributed by atoms with Gasteiger partial charge in [-0.25, -0.2) is 4.39 Å². The lowest BCUT2D eigenvalue weighted by Crippen LogP contribution is -2.35. The molecule has 2 heterocycles. The van der Waals surface area contributed by atoms with Crippen molar-refractivity contribution in [1.29, 1.82) is 0 Å². The molecule has 0 fully saturated rings. The molecule has 2 aromatic heterocycles. The molecule has 0 atom stereocenters. The fraction of sp³-hybridized carbons (Fsp3) is 0.208. The van der Waals surface area contributed by atoms with Crippen LogP contribution in [0, 0.1) is 19.7 Å². The van der Waals surface area contributed by atoms with E-state index in [9.17, 15) is 4.39 Å². The monoisotopic (exact) mass is 421 g/mol. The minimum absolute atomic E-state index is 0.230. The van der Waals surface area contributed by atoms with Crippen LogP contribution in [0.2, 0.25) is 0 Å². The Labute approximate surface area is 180 Å². The van der Waals surface area contributed by atoms with Gasteiger partial charge in [0, 0.05) is 28.8 Å². The summed E-state index contributed by atoms with van der Waals surface area (Å²) in [5.74, 6) is 0.608. The smallest absolute Gasteiger partial charge is 0.173 e. The van der Waals surface area contributed by atoms with Crippen LogP contribution in [0.4, 0.5) is 10.1 Å². The maximum atomic E-state index is 13.8. The molecule has 0 bridgehead atoms. The van der Waals surface area contributed by atoms with E-state index in [0.717, 1.165) is 45.6 Å². The van der Waals surface area contributed by atoms with Gasteiger partial charge in [-0.3, -0.25) is 0 Å². The van der Waals surface area contributed by atoms with Crippen LogP contribution in [0.1, 0.15) is 22.6 Å². The van der Waals surface area contributed by atoms with Crippen molar-refractivity contribution in [2.75, 3.05) is 11.9 Å². The number of halogens is 1. The fourth-order valence-electron chi connectivity index (χ4n) is 3.69. The van der Waals surface area contributed by atoms with Crippen molar-refractivity contribution in [3.05, 3.63) is 89.3 Å². The highest BCUT2D eigenvalue weighted by Gasteiger charge is 2.16. The quantitative estimate of drug-likeness (QED) is 0.377. The molecular weight excluding hydrogens is 397 g/mol. The Morgan fingerprint density at radius 2 is 2.00 bits per heavy atom. The van der Waals surface area contributed by atoms with Crippen LogP contribution in [0.3, 0.4) is 0 Å². The average Bonchev–Trinajstić information content (AvgIpc) is 3.32. The third-order valence-corrected chi connectivity index (χ3v) is 5.56. The number of fused-ring (bicyclic) bond motifs is 1. The summed E-state index contributed by atoms with van der Waals surface area (Å²) < 4.78 is 19.4. The van der Waals surface area contributed by atoms with Crippen LogP contribution in [0.5, 0.6) is 0 Å². The van der Waals surface area contributed by atoms with Gasteiger partial charge in [0.1, 0.15) is 11.6 Å². The number of aryl methyl sites for hydroxylation is 2. The summed E-state index contributed by atoms with van der Waals surface area (Å²) in [6.07, 6.45) is 2.39. The molecule has 0 aliphatic heterocycles. The first-order chi connectivity index (χ1) is 14.5. The Morgan fingerprint density at radius 3 is 2.77 bits per heavy atom. The Hall–Kier alpha value is -3.12. The number of rotatable bonds is 6. The highest BCUT2D eigenvalue weighted by Crippen LogP contribution is 2.24. The van der Waals surface area contributed by atoms with Crippen LogP contribution in [0.25, 0.3) is 10.9 Å². The first-order valence-electron chi connectivity index (χ1n) is 9.91. The topological polar surface area (TPSA) is 44.2 Å². The van der Waals surface area contributed by atoms with Crippen molar-refractivity contribution in [1.82, 2.24) is 9.88 Å². The number of furan rings is 1. The normalized spacial score (nSPS) is 11.0. The molecule has 30 heavy (non-hydrogen) atoms. The van der Waals surface area contributed by atoms with E-state index in [2.05, 4.69) is 21.3 Å². The van der Waals surface area contributed by atoms with Gasteiger partial charge >= 0.3 is 0 Å². The third kappa shape index (κ3) is 4.54. The van der Waals surface area contributed by atoms with Crippen molar-refractivity contribution in [2.45, 2.75) is 26.8 Å². The number of H-pyrrole nitrogens is 1. The number of hydrogen-bond acceptors (Lipinski definition) is 2. The summed E-state index contributed by atoms with van der Waals surface area (Å²) >= 11 is 5.72. The highest BCUT2D eigenvalue weighted by atomic mass is 32.1. The van der Waals surface area contributed by atoms with Crippen LogP contribution >= 0.6 is 12.2 Å². The molecule has 4 aromatic rings. The summed E-state index contributed by atoms with van der Waals surface area (Å²) in [5, 5.41) is 4.88. The first-order valence-corrected chi connectivity index (χ1v) is 10.3.